The first kappa shape index (κ1) is 11.6. The monoisotopic (exact) mass is 289 g/mol. The smallest absolute Gasteiger partial charge is 0.0701 e. The van der Waals surface area contributed by atoms with Gasteiger partial charge in [0, 0.05) is 23.4 Å². The quantitative estimate of drug-likeness (QED) is 0.926. The van der Waals surface area contributed by atoms with E-state index in [9.17, 15) is 0 Å². The zero-order chi connectivity index (χ0) is 10.8. The van der Waals surface area contributed by atoms with E-state index in [2.05, 4.69) is 35.0 Å². The van der Waals surface area contributed by atoms with Gasteiger partial charge in [0.2, 0.25) is 0 Å². The Labute approximate surface area is 103 Å². The zero-order valence-corrected chi connectivity index (χ0v) is 11.2. The Kier molecular flexibility index (Phi) is 3.83. The normalized spacial score (nSPS) is 28.2. The minimum absolute atomic E-state index is 0.133. The van der Waals surface area contributed by atoms with Crippen LogP contribution in [-0.2, 0) is 4.74 Å². The van der Waals surface area contributed by atoms with Gasteiger partial charge in [-0.25, -0.2) is 0 Å². The van der Waals surface area contributed by atoms with Gasteiger partial charge in [-0.2, -0.15) is 0 Å². The summed E-state index contributed by atoms with van der Waals surface area (Å²) >= 11 is 5.20. The predicted octanol–water partition coefficient (Wildman–Crippen LogP) is 3.33. The molecule has 1 fully saturated rings. The van der Waals surface area contributed by atoms with Crippen molar-refractivity contribution >= 4 is 27.3 Å². The molecule has 0 radical (unpaired) electrons. The summed E-state index contributed by atoms with van der Waals surface area (Å²) in [6, 6.07) is 4.31. The third-order valence-corrected chi connectivity index (χ3v) is 4.77. The van der Waals surface area contributed by atoms with Crippen LogP contribution in [0, 0.1) is 5.92 Å². The van der Waals surface area contributed by atoms with Crippen molar-refractivity contribution in [3.05, 3.63) is 20.8 Å². The molecule has 3 atom stereocenters. The first-order valence-electron chi connectivity index (χ1n) is 5.34. The van der Waals surface area contributed by atoms with E-state index in [1.807, 2.05) is 0 Å². The van der Waals surface area contributed by atoms with Crippen molar-refractivity contribution < 1.29 is 4.74 Å². The van der Waals surface area contributed by atoms with Crippen LogP contribution >= 0.6 is 27.3 Å². The number of rotatable bonds is 3. The van der Waals surface area contributed by atoms with Crippen LogP contribution in [0.2, 0.25) is 0 Å². The largest absolute Gasteiger partial charge is 0.378 e. The first-order valence-corrected chi connectivity index (χ1v) is 6.95. The van der Waals surface area contributed by atoms with E-state index in [1.54, 1.807) is 11.3 Å². The number of nitrogens with two attached hydrogens (primary N) is 1. The van der Waals surface area contributed by atoms with Crippen molar-refractivity contribution in [2.45, 2.75) is 31.9 Å². The van der Waals surface area contributed by atoms with Gasteiger partial charge < -0.3 is 10.5 Å². The second-order valence-corrected chi connectivity index (χ2v) is 6.43. The topological polar surface area (TPSA) is 35.2 Å². The fraction of sp³-hybridized carbons (Fsp3) is 0.636. The van der Waals surface area contributed by atoms with Crippen LogP contribution in [0.3, 0.4) is 0 Å². The Morgan fingerprint density at radius 1 is 1.67 bits per heavy atom. The molecule has 3 unspecified atom stereocenters. The van der Waals surface area contributed by atoms with E-state index < -0.39 is 0 Å². The highest BCUT2D eigenvalue weighted by molar-refractivity contribution is 9.11. The van der Waals surface area contributed by atoms with E-state index >= 15 is 0 Å². The lowest BCUT2D eigenvalue weighted by molar-refractivity contribution is 0.0816. The SMILES string of the molecule is CCC1OCCC1C(N)c1ccc(Br)s1. The molecule has 0 saturated carbocycles. The summed E-state index contributed by atoms with van der Waals surface area (Å²) in [7, 11) is 0. The van der Waals surface area contributed by atoms with Crippen LogP contribution in [0.4, 0.5) is 0 Å². The second kappa shape index (κ2) is 4.95. The van der Waals surface area contributed by atoms with Gasteiger partial charge in [0.15, 0.2) is 0 Å². The fourth-order valence-corrected chi connectivity index (χ4v) is 3.72. The molecule has 2 nitrogen and oxygen atoms in total. The Balaban J connectivity index is 2.10. The standard InChI is InChI=1S/C11H16BrNOS/c1-2-8-7(5-6-14-8)11(13)9-3-4-10(12)15-9/h3-4,7-8,11H,2,5-6,13H2,1H3. The molecular weight excluding hydrogens is 274 g/mol. The summed E-state index contributed by atoms with van der Waals surface area (Å²) < 4.78 is 6.83. The van der Waals surface area contributed by atoms with E-state index in [1.165, 1.54) is 4.88 Å². The van der Waals surface area contributed by atoms with Crippen LogP contribution in [0.1, 0.15) is 30.7 Å². The molecular formula is C11H16BrNOS. The summed E-state index contributed by atoms with van der Waals surface area (Å²) in [6.45, 7) is 3.03. The predicted molar refractivity (Wildman–Crippen MR) is 67.1 cm³/mol. The van der Waals surface area contributed by atoms with Gasteiger partial charge in [-0.15, -0.1) is 11.3 Å². The molecule has 0 amide bonds. The van der Waals surface area contributed by atoms with Crippen LogP contribution in [0.5, 0.6) is 0 Å². The maximum Gasteiger partial charge on any atom is 0.0701 e. The van der Waals surface area contributed by atoms with Crippen molar-refractivity contribution in [3.63, 3.8) is 0 Å². The van der Waals surface area contributed by atoms with Crippen LogP contribution < -0.4 is 5.73 Å². The molecule has 0 aliphatic carbocycles. The molecule has 0 spiro atoms. The molecule has 15 heavy (non-hydrogen) atoms. The first-order chi connectivity index (χ1) is 7.22. The van der Waals surface area contributed by atoms with Crippen molar-refractivity contribution in [2.24, 2.45) is 11.7 Å². The molecule has 4 heteroatoms. The van der Waals surface area contributed by atoms with Crippen molar-refractivity contribution in [1.29, 1.82) is 0 Å². The molecule has 0 bridgehead atoms. The number of hydrogen-bond acceptors (Lipinski definition) is 3. The number of ether oxygens (including phenoxy) is 1. The van der Waals surface area contributed by atoms with Crippen LogP contribution in [0.25, 0.3) is 0 Å². The van der Waals surface area contributed by atoms with E-state index in [4.69, 9.17) is 10.5 Å². The van der Waals surface area contributed by atoms with E-state index in [-0.39, 0.29) is 6.04 Å². The highest BCUT2D eigenvalue weighted by atomic mass is 79.9. The molecule has 1 aliphatic rings. The second-order valence-electron chi connectivity index (χ2n) is 3.94. The average molecular weight is 290 g/mol. The number of thiophene rings is 1. The van der Waals surface area contributed by atoms with Crippen molar-refractivity contribution in [2.75, 3.05) is 6.61 Å². The van der Waals surface area contributed by atoms with Gasteiger partial charge in [0.1, 0.15) is 0 Å². The van der Waals surface area contributed by atoms with Crippen molar-refractivity contribution in [1.82, 2.24) is 0 Å². The highest BCUT2D eigenvalue weighted by Crippen LogP contribution is 2.36. The van der Waals surface area contributed by atoms with Gasteiger partial charge in [-0.05, 0) is 40.9 Å². The highest BCUT2D eigenvalue weighted by Gasteiger charge is 2.32. The summed E-state index contributed by atoms with van der Waals surface area (Å²) in [5, 5.41) is 0. The summed E-state index contributed by atoms with van der Waals surface area (Å²) in [5.41, 5.74) is 6.29. The van der Waals surface area contributed by atoms with Crippen LogP contribution in [0.15, 0.2) is 15.9 Å². The summed E-state index contributed by atoms with van der Waals surface area (Å²) in [5.74, 6) is 0.487. The molecule has 1 saturated heterocycles. The maximum absolute atomic E-state index is 6.29. The Hall–Kier alpha value is 0.1000. The van der Waals surface area contributed by atoms with Gasteiger partial charge >= 0.3 is 0 Å². The van der Waals surface area contributed by atoms with Gasteiger partial charge in [0.05, 0.1) is 9.89 Å². The third kappa shape index (κ3) is 2.44. The van der Waals surface area contributed by atoms with Crippen molar-refractivity contribution in [3.8, 4) is 0 Å². The molecule has 2 heterocycles. The summed E-state index contributed by atoms with van der Waals surface area (Å²) in [4.78, 5) is 1.26. The molecule has 1 aromatic heterocycles. The fourth-order valence-electron chi connectivity index (χ4n) is 2.21. The average Bonchev–Trinajstić information content (AvgIpc) is 2.84. The van der Waals surface area contributed by atoms with Crippen LogP contribution in [-0.4, -0.2) is 12.7 Å². The Morgan fingerprint density at radius 3 is 3.07 bits per heavy atom. The minimum Gasteiger partial charge on any atom is -0.378 e. The lowest BCUT2D eigenvalue weighted by atomic mass is 9.91. The number of halogens is 1. The minimum atomic E-state index is 0.133. The third-order valence-electron chi connectivity index (χ3n) is 3.05. The van der Waals surface area contributed by atoms with E-state index in [0.717, 1.165) is 23.2 Å². The molecule has 84 valence electrons. The molecule has 2 N–H and O–H groups in total. The lowest BCUT2D eigenvalue weighted by Crippen LogP contribution is -2.27. The Bertz CT molecular complexity index is 328. The maximum atomic E-state index is 6.29. The molecule has 2 rings (SSSR count). The Morgan fingerprint density at radius 2 is 2.47 bits per heavy atom. The van der Waals surface area contributed by atoms with Gasteiger partial charge in [0.25, 0.3) is 0 Å². The lowest BCUT2D eigenvalue weighted by Gasteiger charge is -2.22. The number of hydrogen-bond donors (Lipinski definition) is 1. The zero-order valence-electron chi connectivity index (χ0n) is 8.78. The van der Waals surface area contributed by atoms with Gasteiger partial charge in [-0.3, -0.25) is 0 Å². The molecule has 0 aromatic carbocycles. The summed E-state index contributed by atoms with van der Waals surface area (Å²) in [6.07, 6.45) is 2.50. The molecule has 1 aromatic rings. The molecule has 1 aliphatic heterocycles. The van der Waals surface area contributed by atoms with Gasteiger partial charge in [-0.1, -0.05) is 6.92 Å². The van der Waals surface area contributed by atoms with E-state index in [0.29, 0.717) is 12.0 Å².